The minimum absolute atomic E-state index is 0.161. The molecular formula is C19H18BrF3N2O2S. The van der Waals surface area contributed by atoms with Gasteiger partial charge in [-0.3, -0.25) is 0 Å². The highest BCUT2D eigenvalue weighted by Crippen LogP contribution is 2.29. The highest BCUT2D eigenvalue weighted by atomic mass is 79.9. The molecule has 3 rings (SSSR count). The fourth-order valence-electron chi connectivity index (χ4n) is 3.12. The number of halogens is 4. The van der Waals surface area contributed by atoms with Gasteiger partial charge in [0.2, 0.25) is 10.0 Å². The molecule has 0 aliphatic heterocycles. The minimum Gasteiger partial charge on any atom is -0.345 e. The average Bonchev–Trinajstić information content (AvgIpc) is 2.97. The zero-order chi connectivity index (χ0) is 20.7. The summed E-state index contributed by atoms with van der Waals surface area (Å²) < 4.78 is 70.2. The molecule has 1 unspecified atom stereocenters. The lowest BCUT2D eigenvalue weighted by Gasteiger charge is -2.23. The fraction of sp³-hybridized carbons (Fsp3) is 0.263. The summed E-state index contributed by atoms with van der Waals surface area (Å²) in [7, 11) is -4.35. The Labute approximate surface area is 169 Å². The molecule has 0 radical (unpaired) electrons. The molecule has 1 N–H and O–H groups in total. The van der Waals surface area contributed by atoms with E-state index < -0.39 is 28.8 Å². The SMILES string of the molecule is Cc1ccc(S(=O)(=O)NC(Cn2ccc3cccc(Br)c32)C(F)(F)F)c(C)c1. The number of nitrogens with zero attached hydrogens (tertiary/aromatic N) is 1. The molecule has 1 atom stereocenters. The van der Waals surface area contributed by atoms with Gasteiger partial charge in [-0.1, -0.05) is 29.8 Å². The van der Waals surface area contributed by atoms with E-state index in [-0.39, 0.29) is 4.90 Å². The van der Waals surface area contributed by atoms with Gasteiger partial charge in [0.05, 0.1) is 10.4 Å². The normalized spacial score (nSPS) is 13.8. The number of aryl methyl sites for hydroxylation is 2. The lowest BCUT2D eigenvalue weighted by atomic mass is 10.2. The van der Waals surface area contributed by atoms with Crippen LogP contribution in [-0.2, 0) is 16.6 Å². The second-order valence-corrected chi connectivity index (χ2v) is 9.17. The van der Waals surface area contributed by atoms with Gasteiger partial charge in [-0.15, -0.1) is 0 Å². The Balaban J connectivity index is 1.97. The maximum atomic E-state index is 13.7. The Bertz CT molecular complexity index is 1120. The summed E-state index contributed by atoms with van der Waals surface area (Å²) in [5, 5.41) is 0.757. The zero-order valence-electron chi connectivity index (χ0n) is 15.1. The predicted molar refractivity (Wildman–Crippen MR) is 106 cm³/mol. The molecule has 0 bridgehead atoms. The monoisotopic (exact) mass is 474 g/mol. The van der Waals surface area contributed by atoms with Crippen molar-refractivity contribution in [1.82, 2.24) is 9.29 Å². The van der Waals surface area contributed by atoms with Gasteiger partial charge < -0.3 is 4.57 Å². The molecule has 4 nitrogen and oxygen atoms in total. The second kappa shape index (κ2) is 7.53. The molecule has 1 aromatic heterocycles. The maximum absolute atomic E-state index is 13.7. The summed E-state index contributed by atoms with van der Waals surface area (Å²) >= 11 is 3.34. The zero-order valence-corrected chi connectivity index (χ0v) is 17.5. The van der Waals surface area contributed by atoms with Crippen LogP contribution in [0, 0.1) is 13.8 Å². The fourth-order valence-corrected chi connectivity index (χ4v) is 5.17. The molecule has 28 heavy (non-hydrogen) atoms. The maximum Gasteiger partial charge on any atom is 0.406 e. The first-order valence-corrected chi connectivity index (χ1v) is 10.7. The van der Waals surface area contributed by atoms with E-state index in [9.17, 15) is 21.6 Å². The van der Waals surface area contributed by atoms with Gasteiger partial charge in [-0.05, 0) is 53.5 Å². The first-order chi connectivity index (χ1) is 13.0. The molecule has 0 fully saturated rings. The van der Waals surface area contributed by atoms with Crippen molar-refractivity contribution in [3.8, 4) is 0 Å². The van der Waals surface area contributed by atoms with E-state index in [2.05, 4.69) is 15.9 Å². The summed E-state index contributed by atoms with van der Waals surface area (Å²) in [6.45, 7) is 2.75. The molecule has 0 spiro atoms. The number of fused-ring (bicyclic) bond motifs is 1. The van der Waals surface area contributed by atoms with Crippen molar-refractivity contribution < 1.29 is 21.6 Å². The number of rotatable bonds is 5. The third-order valence-electron chi connectivity index (χ3n) is 4.43. The van der Waals surface area contributed by atoms with Crippen LogP contribution in [0.5, 0.6) is 0 Å². The molecule has 9 heteroatoms. The number of alkyl halides is 3. The lowest BCUT2D eigenvalue weighted by molar-refractivity contribution is -0.154. The van der Waals surface area contributed by atoms with Crippen LogP contribution in [0.25, 0.3) is 10.9 Å². The smallest absolute Gasteiger partial charge is 0.345 e. The van der Waals surface area contributed by atoms with E-state index >= 15 is 0 Å². The van der Waals surface area contributed by atoms with Crippen LogP contribution < -0.4 is 4.72 Å². The van der Waals surface area contributed by atoms with Crippen molar-refractivity contribution >= 4 is 36.9 Å². The van der Waals surface area contributed by atoms with Crippen molar-refractivity contribution in [2.45, 2.75) is 37.5 Å². The summed E-state index contributed by atoms with van der Waals surface area (Å²) in [4.78, 5) is -0.161. The molecule has 0 aliphatic carbocycles. The second-order valence-electron chi connectivity index (χ2n) is 6.63. The van der Waals surface area contributed by atoms with Gasteiger partial charge >= 0.3 is 6.18 Å². The van der Waals surface area contributed by atoms with Gasteiger partial charge in [0.25, 0.3) is 0 Å². The van der Waals surface area contributed by atoms with Crippen LogP contribution in [0.1, 0.15) is 11.1 Å². The van der Waals surface area contributed by atoms with Crippen molar-refractivity contribution in [2.75, 3.05) is 0 Å². The summed E-state index contributed by atoms with van der Waals surface area (Å²) in [5.41, 5.74) is 1.79. The topological polar surface area (TPSA) is 51.1 Å². The number of sulfonamides is 1. The van der Waals surface area contributed by atoms with Crippen LogP contribution in [0.2, 0.25) is 0 Å². The Morgan fingerprint density at radius 3 is 2.50 bits per heavy atom. The minimum atomic E-state index is -4.76. The van der Waals surface area contributed by atoms with Gasteiger partial charge in [0.15, 0.2) is 0 Å². The van der Waals surface area contributed by atoms with Crippen LogP contribution in [0.3, 0.4) is 0 Å². The Hall–Kier alpha value is -1.84. The molecule has 0 amide bonds. The Kier molecular flexibility index (Phi) is 5.62. The van der Waals surface area contributed by atoms with E-state index in [0.717, 1.165) is 10.9 Å². The summed E-state index contributed by atoms with van der Waals surface area (Å²) in [6, 6.07) is 9.19. The third-order valence-corrected chi connectivity index (χ3v) is 6.70. The Morgan fingerprint density at radius 2 is 1.86 bits per heavy atom. The van der Waals surface area contributed by atoms with E-state index in [0.29, 0.717) is 15.6 Å². The predicted octanol–water partition coefficient (Wildman–Crippen LogP) is 4.93. The number of nitrogens with one attached hydrogen (secondary N) is 1. The molecule has 0 aliphatic rings. The average molecular weight is 475 g/mol. The van der Waals surface area contributed by atoms with Crippen molar-refractivity contribution in [1.29, 1.82) is 0 Å². The Morgan fingerprint density at radius 1 is 1.14 bits per heavy atom. The van der Waals surface area contributed by atoms with E-state index in [1.807, 2.05) is 4.72 Å². The largest absolute Gasteiger partial charge is 0.406 e. The van der Waals surface area contributed by atoms with Gasteiger partial charge in [0.1, 0.15) is 6.04 Å². The van der Waals surface area contributed by atoms with Gasteiger partial charge in [-0.2, -0.15) is 17.9 Å². The van der Waals surface area contributed by atoms with E-state index in [1.54, 1.807) is 50.2 Å². The number of hydrogen-bond donors (Lipinski definition) is 1. The number of hydrogen-bond acceptors (Lipinski definition) is 2. The van der Waals surface area contributed by atoms with Gasteiger partial charge in [-0.25, -0.2) is 8.42 Å². The van der Waals surface area contributed by atoms with E-state index in [4.69, 9.17) is 0 Å². The lowest BCUT2D eigenvalue weighted by Crippen LogP contribution is -2.48. The van der Waals surface area contributed by atoms with Crippen molar-refractivity contribution in [3.05, 3.63) is 64.3 Å². The molecular weight excluding hydrogens is 457 g/mol. The van der Waals surface area contributed by atoms with Crippen LogP contribution in [-0.4, -0.2) is 25.2 Å². The number of benzene rings is 2. The summed E-state index contributed by atoms with van der Waals surface area (Å²) in [5.74, 6) is 0. The number of para-hydroxylation sites is 1. The molecule has 150 valence electrons. The standard InChI is InChI=1S/C19H18BrF3N2O2S/c1-12-6-7-16(13(2)10-12)28(26,27)24-17(19(21,22)23)11-25-9-8-14-4-3-5-15(20)18(14)25/h3-10,17,24H,11H2,1-2H3. The van der Waals surface area contributed by atoms with Crippen LogP contribution >= 0.6 is 15.9 Å². The molecule has 0 saturated carbocycles. The molecule has 1 heterocycles. The first kappa shape index (κ1) is 20.9. The highest BCUT2D eigenvalue weighted by Gasteiger charge is 2.43. The third kappa shape index (κ3) is 4.26. The van der Waals surface area contributed by atoms with Crippen molar-refractivity contribution in [3.63, 3.8) is 0 Å². The van der Waals surface area contributed by atoms with Crippen LogP contribution in [0.4, 0.5) is 13.2 Å². The highest BCUT2D eigenvalue weighted by molar-refractivity contribution is 9.10. The first-order valence-electron chi connectivity index (χ1n) is 8.39. The molecule has 3 aromatic rings. The van der Waals surface area contributed by atoms with Crippen LogP contribution in [0.15, 0.2) is 58.0 Å². The summed E-state index contributed by atoms with van der Waals surface area (Å²) in [6.07, 6.45) is -3.25. The molecule has 0 saturated heterocycles. The van der Waals surface area contributed by atoms with Crippen molar-refractivity contribution in [2.24, 2.45) is 0 Å². The van der Waals surface area contributed by atoms with Gasteiger partial charge in [0, 0.05) is 22.6 Å². The number of aromatic nitrogens is 1. The quantitative estimate of drug-likeness (QED) is 0.569. The van der Waals surface area contributed by atoms with E-state index in [1.165, 1.54) is 16.8 Å². The molecule has 2 aromatic carbocycles.